The molecule has 0 radical (unpaired) electrons. The zero-order valence-electron chi connectivity index (χ0n) is 6.82. The Hall–Kier alpha value is 0.180. The molecule has 1 atom stereocenters. The minimum Gasteiger partial charge on any atom is -0.389 e. The van der Waals surface area contributed by atoms with Crippen molar-refractivity contribution in [2.75, 3.05) is 0 Å². The molecule has 10 heavy (non-hydrogen) atoms. The van der Waals surface area contributed by atoms with E-state index in [1.54, 1.807) is 0 Å². The molecule has 2 heteroatoms. The first-order valence-corrected chi connectivity index (χ1v) is 4.14. The lowest BCUT2D eigenvalue weighted by molar-refractivity contribution is 0.191. The minimum atomic E-state index is -0.380. The summed E-state index contributed by atoms with van der Waals surface area (Å²) < 4.78 is 0.00532. The Labute approximate surface area is 71.3 Å². The van der Waals surface area contributed by atoms with E-state index in [1.807, 2.05) is 20.8 Å². The highest BCUT2D eigenvalue weighted by molar-refractivity contribution is 9.10. The summed E-state index contributed by atoms with van der Waals surface area (Å²) in [6.45, 7) is 9.56. The zero-order chi connectivity index (χ0) is 8.36. The van der Waals surface area contributed by atoms with E-state index < -0.39 is 0 Å². The normalized spacial score (nSPS) is 14.9. The first-order valence-electron chi connectivity index (χ1n) is 3.35. The number of halogens is 1. The third kappa shape index (κ3) is 5.00. The summed E-state index contributed by atoms with van der Waals surface area (Å²) >= 11 is 3.45. The van der Waals surface area contributed by atoms with Crippen molar-refractivity contribution in [3.63, 3.8) is 0 Å². The lowest BCUT2D eigenvalue weighted by Gasteiger charge is -2.20. The van der Waals surface area contributed by atoms with E-state index in [-0.39, 0.29) is 10.4 Å². The van der Waals surface area contributed by atoms with Crippen LogP contribution in [0.2, 0.25) is 0 Å². The van der Waals surface area contributed by atoms with E-state index in [4.69, 9.17) is 0 Å². The second-order valence-corrected chi connectivity index (χ2v) is 5.43. The Morgan fingerprint density at radius 3 is 2.20 bits per heavy atom. The van der Waals surface area contributed by atoms with Crippen LogP contribution in [0, 0.1) is 0 Å². The maximum atomic E-state index is 9.33. The first-order chi connectivity index (χ1) is 4.33. The molecule has 1 N–H and O–H groups in total. The maximum absolute atomic E-state index is 9.33. The second-order valence-electron chi connectivity index (χ2n) is 3.28. The van der Waals surface area contributed by atoms with Crippen LogP contribution in [0.1, 0.15) is 27.2 Å². The lowest BCUT2D eigenvalue weighted by Crippen LogP contribution is -2.20. The maximum Gasteiger partial charge on any atom is 0.0757 e. The monoisotopic (exact) mass is 206 g/mol. The Balaban J connectivity index is 3.80. The highest BCUT2D eigenvalue weighted by Crippen LogP contribution is 2.24. The van der Waals surface area contributed by atoms with Gasteiger partial charge in [0.05, 0.1) is 6.10 Å². The molecule has 1 nitrogen and oxygen atoms in total. The molecule has 0 amide bonds. The smallest absolute Gasteiger partial charge is 0.0757 e. The molecule has 0 aromatic rings. The summed E-state index contributed by atoms with van der Waals surface area (Å²) in [5.74, 6) is 0. The van der Waals surface area contributed by atoms with Gasteiger partial charge in [-0.3, -0.25) is 0 Å². The molecule has 1 unspecified atom stereocenters. The topological polar surface area (TPSA) is 20.2 Å². The van der Waals surface area contributed by atoms with Crippen molar-refractivity contribution < 1.29 is 5.11 Å². The van der Waals surface area contributed by atoms with E-state index in [9.17, 15) is 5.11 Å². The summed E-state index contributed by atoms with van der Waals surface area (Å²) in [4.78, 5) is 0. The fourth-order valence-corrected chi connectivity index (χ4v) is 0.941. The van der Waals surface area contributed by atoms with Gasteiger partial charge < -0.3 is 5.11 Å². The molecule has 0 aromatic heterocycles. The van der Waals surface area contributed by atoms with E-state index in [0.29, 0.717) is 6.42 Å². The Bertz CT molecular complexity index is 124. The predicted molar refractivity (Wildman–Crippen MR) is 48.4 cm³/mol. The van der Waals surface area contributed by atoms with Gasteiger partial charge in [0.1, 0.15) is 0 Å². The fraction of sp³-hybridized carbons (Fsp3) is 0.750. The molecule has 0 rings (SSSR count). The molecule has 60 valence electrons. The first kappa shape index (κ1) is 10.2. The molecule has 0 bridgehead atoms. The van der Waals surface area contributed by atoms with E-state index in [2.05, 4.69) is 22.5 Å². The molecular formula is C8H15BrO. The molecule has 0 aromatic carbocycles. The molecular weight excluding hydrogens is 192 g/mol. The average Bonchev–Trinajstić information content (AvgIpc) is 1.60. The molecule has 0 fully saturated rings. The number of aliphatic hydroxyl groups is 1. The van der Waals surface area contributed by atoms with Gasteiger partial charge in [0.15, 0.2) is 0 Å². The lowest BCUT2D eigenvalue weighted by atomic mass is 10.0. The van der Waals surface area contributed by atoms with Crippen LogP contribution in [0.3, 0.4) is 0 Å². The van der Waals surface area contributed by atoms with Crippen LogP contribution in [0.15, 0.2) is 12.2 Å². The predicted octanol–water partition coefficient (Wildman–Crippen LogP) is 2.49. The number of rotatable bonds is 3. The van der Waals surface area contributed by atoms with Gasteiger partial charge in [-0.05, 0) is 27.2 Å². The second kappa shape index (κ2) is 3.54. The highest BCUT2D eigenvalue weighted by Gasteiger charge is 2.18. The summed E-state index contributed by atoms with van der Waals surface area (Å²) in [6.07, 6.45) is 0.330. The van der Waals surface area contributed by atoms with Gasteiger partial charge in [-0.2, -0.15) is 0 Å². The summed E-state index contributed by atoms with van der Waals surface area (Å²) in [5, 5.41) is 9.33. The van der Waals surface area contributed by atoms with Crippen molar-refractivity contribution in [2.45, 2.75) is 37.6 Å². The van der Waals surface area contributed by atoms with Gasteiger partial charge >= 0.3 is 0 Å². The summed E-state index contributed by atoms with van der Waals surface area (Å²) in [7, 11) is 0. The van der Waals surface area contributed by atoms with Crippen molar-refractivity contribution in [2.24, 2.45) is 0 Å². The molecule has 0 aliphatic carbocycles. The van der Waals surface area contributed by atoms with Crippen molar-refractivity contribution in [1.29, 1.82) is 0 Å². The number of alkyl halides is 1. The average molecular weight is 207 g/mol. The Kier molecular flexibility index (Phi) is 3.60. The van der Waals surface area contributed by atoms with Crippen LogP contribution in [-0.4, -0.2) is 15.5 Å². The van der Waals surface area contributed by atoms with Crippen LogP contribution in [0.25, 0.3) is 0 Å². The van der Waals surface area contributed by atoms with Gasteiger partial charge in [-0.15, -0.1) is 0 Å². The van der Waals surface area contributed by atoms with Gasteiger partial charge in [-0.25, -0.2) is 0 Å². The van der Waals surface area contributed by atoms with E-state index in [0.717, 1.165) is 5.57 Å². The van der Waals surface area contributed by atoms with Gasteiger partial charge in [-0.1, -0.05) is 28.1 Å². The van der Waals surface area contributed by atoms with Crippen LogP contribution in [0.5, 0.6) is 0 Å². The minimum absolute atomic E-state index is 0.00532. The fourth-order valence-electron chi connectivity index (χ4n) is 0.634. The van der Waals surface area contributed by atoms with E-state index in [1.165, 1.54) is 0 Å². The van der Waals surface area contributed by atoms with Gasteiger partial charge in [0.25, 0.3) is 0 Å². The molecule has 0 aliphatic rings. The van der Waals surface area contributed by atoms with Crippen LogP contribution >= 0.6 is 15.9 Å². The molecule has 0 saturated carbocycles. The Morgan fingerprint density at radius 1 is 1.70 bits per heavy atom. The summed E-state index contributed by atoms with van der Waals surface area (Å²) in [6, 6.07) is 0. The number of aliphatic hydroxyl groups excluding tert-OH is 1. The van der Waals surface area contributed by atoms with Crippen LogP contribution in [0.4, 0.5) is 0 Å². The zero-order valence-corrected chi connectivity index (χ0v) is 8.40. The van der Waals surface area contributed by atoms with Crippen molar-refractivity contribution in [3.05, 3.63) is 12.2 Å². The third-order valence-corrected chi connectivity index (χ3v) is 1.57. The standard InChI is InChI=1S/C8H15BrO/c1-6(2)7(10)5-8(3,4)9/h7,10H,1,5H2,2-4H3. The molecule has 0 aliphatic heterocycles. The largest absolute Gasteiger partial charge is 0.389 e. The van der Waals surface area contributed by atoms with Gasteiger partial charge in [0.2, 0.25) is 0 Å². The van der Waals surface area contributed by atoms with E-state index >= 15 is 0 Å². The molecule has 0 saturated heterocycles. The summed E-state index contributed by atoms with van der Waals surface area (Å²) in [5.41, 5.74) is 0.826. The molecule has 0 spiro atoms. The number of hydrogen-bond acceptors (Lipinski definition) is 1. The Morgan fingerprint density at radius 2 is 2.10 bits per heavy atom. The molecule has 0 heterocycles. The SMILES string of the molecule is C=C(C)C(O)CC(C)(C)Br. The van der Waals surface area contributed by atoms with Crippen LogP contribution < -0.4 is 0 Å². The third-order valence-electron chi connectivity index (χ3n) is 1.25. The van der Waals surface area contributed by atoms with Gasteiger partial charge in [0, 0.05) is 4.32 Å². The number of hydrogen-bond donors (Lipinski definition) is 1. The highest BCUT2D eigenvalue weighted by atomic mass is 79.9. The van der Waals surface area contributed by atoms with Crippen molar-refractivity contribution in [3.8, 4) is 0 Å². The van der Waals surface area contributed by atoms with Crippen molar-refractivity contribution >= 4 is 15.9 Å². The van der Waals surface area contributed by atoms with Crippen molar-refractivity contribution in [1.82, 2.24) is 0 Å². The quantitative estimate of drug-likeness (QED) is 0.556. The van der Waals surface area contributed by atoms with Crippen LogP contribution in [-0.2, 0) is 0 Å².